The van der Waals surface area contributed by atoms with E-state index in [1.807, 2.05) is 0 Å². The maximum absolute atomic E-state index is 5.38. The number of ether oxygens (including phenoxy) is 1. The van der Waals surface area contributed by atoms with Gasteiger partial charge in [-0.1, -0.05) is 28.4 Å². The first-order chi connectivity index (χ1) is 8.11. The number of rotatable bonds is 2. The molecule has 0 N–H and O–H groups in total. The van der Waals surface area contributed by atoms with Gasteiger partial charge in [-0.3, -0.25) is 0 Å². The maximum atomic E-state index is 5.38. The largest absolute Gasteiger partial charge is 0.496 e. The van der Waals surface area contributed by atoms with Gasteiger partial charge in [-0.15, -0.1) is 0 Å². The van der Waals surface area contributed by atoms with Gasteiger partial charge in [-0.05, 0) is 61.8 Å². The van der Waals surface area contributed by atoms with Crippen molar-refractivity contribution in [3.8, 4) is 5.75 Å². The Balaban J connectivity index is 2.28. The lowest BCUT2D eigenvalue weighted by Gasteiger charge is -2.27. The van der Waals surface area contributed by atoms with E-state index in [-0.39, 0.29) is 0 Å². The third kappa shape index (κ3) is 2.85. The van der Waals surface area contributed by atoms with Crippen LogP contribution in [0.25, 0.3) is 0 Å². The Labute approximate surface area is 113 Å². The second kappa shape index (κ2) is 5.43. The summed E-state index contributed by atoms with van der Waals surface area (Å²) in [6.45, 7) is 4.34. The summed E-state index contributed by atoms with van der Waals surface area (Å²) >= 11 is 3.77. The van der Waals surface area contributed by atoms with Crippen molar-refractivity contribution in [2.45, 2.75) is 50.3 Å². The summed E-state index contributed by atoms with van der Waals surface area (Å²) in [6, 6.07) is 4.51. The van der Waals surface area contributed by atoms with Gasteiger partial charge in [0.2, 0.25) is 0 Å². The monoisotopic (exact) mass is 296 g/mol. The van der Waals surface area contributed by atoms with E-state index in [4.69, 9.17) is 4.74 Å². The van der Waals surface area contributed by atoms with Gasteiger partial charge in [-0.25, -0.2) is 0 Å². The van der Waals surface area contributed by atoms with Gasteiger partial charge < -0.3 is 4.74 Å². The fourth-order valence-corrected chi connectivity index (χ4v) is 3.66. The van der Waals surface area contributed by atoms with E-state index < -0.39 is 0 Å². The molecule has 0 heterocycles. The molecule has 1 fully saturated rings. The summed E-state index contributed by atoms with van der Waals surface area (Å²) in [7, 11) is 1.75. The average Bonchev–Trinajstić information content (AvgIpc) is 2.31. The quantitative estimate of drug-likeness (QED) is 0.717. The van der Waals surface area contributed by atoms with Crippen LogP contribution in [-0.2, 0) is 0 Å². The predicted octanol–water partition coefficient (Wildman–Crippen LogP) is 4.73. The van der Waals surface area contributed by atoms with Crippen molar-refractivity contribution in [3.05, 3.63) is 28.8 Å². The molecule has 94 valence electrons. The molecule has 0 spiro atoms. The van der Waals surface area contributed by atoms with Crippen LogP contribution in [0.1, 0.15) is 48.3 Å². The number of benzene rings is 1. The Hall–Kier alpha value is -0.500. The van der Waals surface area contributed by atoms with E-state index in [2.05, 4.69) is 41.9 Å². The average molecular weight is 297 g/mol. The molecule has 2 unspecified atom stereocenters. The number of alkyl halides is 1. The van der Waals surface area contributed by atoms with Gasteiger partial charge in [0, 0.05) is 4.83 Å². The maximum Gasteiger partial charge on any atom is 0.122 e. The molecule has 2 rings (SSSR count). The van der Waals surface area contributed by atoms with Crippen molar-refractivity contribution in [2.75, 3.05) is 7.11 Å². The minimum absolute atomic E-state index is 0.697. The van der Waals surface area contributed by atoms with Crippen molar-refractivity contribution in [1.82, 2.24) is 0 Å². The lowest BCUT2D eigenvalue weighted by Crippen LogP contribution is -2.14. The number of hydrogen-bond acceptors (Lipinski definition) is 1. The Morgan fingerprint density at radius 1 is 1.18 bits per heavy atom. The summed E-state index contributed by atoms with van der Waals surface area (Å²) in [6.07, 6.45) is 5.26. The standard InChI is InChI=1S/C15H21BrO/c1-10-8-15(17-3)11(2)7-14(10)12-5-4-6-13(16)9-12/h7-8,12-13H,4-6,9H2,1-3H3. The zero-order chi connectivity index (χ0) is 12.4. The van der Waals surface area contributed by atoms with Gasteiger partial charge in [-0.2, -0.15) is 0 Å². The smallest absolute Gasteiger partial charge is 0.122 e. The van der Waals surface area contributed by atoms with Crippen LogP contribution in [-0.4, -0.2) is 11.9 Å². The second-order valence-electron chi connectivity index (χ2n) is 5.14. The molecule has 2 heteroatoms. The lowest BCUT2D eigenvalue weighted by atomic mass is 9.81. The van der Waals surface area contributed by atoms with Gasteiger partial charge in [0.05, 0.1) is 7.11 Å². The van der Waals surface area contributed by atoms with Crippen LogP contribution in [0.4, 0.5) is 0 Å². The molecule has 0 aliphatic heterocycles. The van der Waals surface area contributed by atoms with Crippen molar-refractivity contribution >= 4 is 15.9 Å². The Bertz CT molecular complexity index is 400. The van der Waals surface area contributed by atoms with E-state index in [0.717, 1.165) is 11.7 Å². The van der Waals surface area contributed by atoms with Crippen LogP contribution in [0.3, 0.4) is 0 Å². The van der Waals surface area contributed by atoms with Crippen LogP contribution in [0, 0.1) is 13.8 Å². The zero-order valence-corrected chi connectivity index (χ0v) is 12.5. The predicted molar refractivity (Wildman–Crippen MR) is 76.4 cm³/mol. The summed E-state index contributed by atoms with van der Waals surface area (Å²) < 4.78 is 5.38. The highest BCUT2D eigenvalue weighted by molar-refractivity contribution is 9.09. The molecule has 1 saturated carbocycles. The zero-order valence-electron chi connectivity index (χ0n) is 10.9. The van der Waals surface area contributed by atoms with Crippen molar-refractivity contribution < 1.29 is 4.74 Å². The Morgan fingerprint density at radius 2 is 1.94 bits per heavy atom. The van der Waals surface area contributed by atoms with Crippen molar-refractivity contribution in [2.24, 2.45) is 0 Å². The molecule has 1 aliphatic carbocycles. The topological polar surface area (TPSA) is 9.23 Å². The van der Waals surface area contributed by atoms with Gasteiger partial charge in [0.15, 0.2) is 0 Å². The molecule has 0 saturated heterocycles. The number of aryl methyl sites for hydroxylation is 2. The van der Waals surface area contributed by atoms with Crippen LogP contribution < -0.4 is 4.74 Å². The normalized spacial score (nSPS) is 24.7. The van der Waals surface area contributed by atoms with Crippen LogP contribution in [0.15, 0.2) is 12.1 Å². The highest BCUT2D eigenvalue weighted by atomic mass is 79.9. The molecule has 1 aromatic carbocycles. The number of halogens is 1. The van der Waals surface area contributed by atoms with E-state index in [1.54, 1.807) is 7.11 Å². The molecule has 0 radical (unpaired) electrons. The molecular formula is C15H21BrO. The van der Waals surface area contributed by atoms with E-state index in [1.165, 1.54) is 42.4 Å². The molecule has 17 heavy (non-hydrogen) atoms. The molecule has 1 aliphatic rings. The highest BCUT2D eigenvalue weighted by Gasteiger charge is 2.23. The first-order valence-corrected chi connectivity index (χ1v) is 7.32. The lowest BCUT2D eigenvalue weighted by molar-refractivity contribution is 0.410. The summed E-state index contributed by atoms with van der Waals surface area (Å²) in [5.41, 5.74) is 4.15. The number of methoxy groups -OCH3 is 1. The SMILES string of the molecule is COc1cc(C)c(C2CCCC(Br)C2)cc1C. The van der Waals surface area contributed by atoms with E-state index in [0.29, 0.717) is 4.83 Å². The first kappa shape index (κ1) is 12.9. The summed E-state index contributed by atoms with van der Waals surface area (Å²) in [4.78, 5) is 0.697. The minimum atomic E-state index is 0.697. The van der Waals surface area contributed by atoms with Crippen LogP contribution in [0.5, 0.6) is 5.75 Å². The van der Waals surface area contributed by atoms with Gasteiger partial charge >= 0.3 is 0 Å². The summed E-state index contributed by atoms with van der Waals surface area (Å²) in [5.74, 6) is 1.73. The van der Waals surface area contributed by atoms with Gasteiger partial charge in [0.1, 0.15) is 5.75 Å². The first-order valence-electron chi connectivity index (χ1n) is 6.41. The van der Waals surface area contributed by atoms with E-state index >= 15 is 0 Å². The van der Waals surface area contributed by atoms with Crippen molar-refractivity contribution in [1.29, 1.82) is 0 Å². The second-order valence-corrected chi connectivity index (χ2v) is 6.43. The molecule has 1 aromatic rings. The molecular weight excluding hydrogens is 276 g/mol. The number of hydrogen-bond donors (Lipinski definition) is 0. The highest BCUT2D eigenvalue weighted by Crippen LogP contribution is 2.38. The molecule has 2 atom stereocenters. The fourth-order valence-electron chi connectivity index (χ4n) is 2.88. The Kier molecular flexibility index (Phi) is 4.13. The third-order valence-electron chi connectivity index (χ3n) is 3.83. The fraction of sp³-hybridized carbons (Fsp3) is 0.600. The minimum Gasteiger partial charge on any atom is -0.496 e. The van der Waals surface area contributed by atoms with E-state index in [9.17, 15) is 0 Å². The molecule has 0 amide bonds. The molecule has 0 bridgehead atoms. The molecule has 0 aromatic heterocycles. The van der Waals surface area contributed by atoms with Gasteiger partial charge in [0.25, 0.3) is 0 Å². The van der Waals surface area contributed by atoms with Crippen LogP contribution in [0.2, 0.25) is 0 Å². The molecule has 1 nitrogen and oxygen atoms in total. The van der Waals surface area contributed by atoms with Crippen molar-refractivity contribution in [3.63, 3.8) is 0 Å². The summed E-state index contributed by atoms with van der Waals surface area (Å²) in [5, 5.41) is 0. The third-order valence-corrected chi connectivity index (χ3v) is 4.67. The van der Waals surface area contributed by atoms with Crippen LogP contribution >= 0.6 is 15.9 Å². The Morgan fingerprint density at radius 3 is 2.59 bits per heavy atom.